The number of rotatable bonds is 4. The first-order valence-electron chi connectivity index (χ1n) is 8.92. The van der Waals surface area contributed by atoms with Crippen molar-refractivity contribution in [2.75, 3.05) is 5.32 Å². The molecular formula is C22H14ClF2N3O2. The van der Waals surface area contributed by atoms with Gasteiger partial charge < -0.3 is 5.32 Å². The third kappa shape index (κ3) is 3.92. The summed E-state index contributed by atoms with van der Waals surface area (Å²) < 4.78 is 28.7. The maximum Gasteiger partial charge on any atom is 0.265 e. The second-order valence-corrected chi connectivity index (χ2v) is 7.01. The summed E-state index contributed by atoms with van der Waals surface area (Å²) in [6.45, 7) is 0.152. The lowest BCUT2D eigenvalue weighted by Crippen LogP contribution is -2.30. The Balaban J connectivity index is 1.79. The second kappa shape index (κ2) is 8.04. The first kappa shape index (κ1) is 19.7. The van der Waals surface area contributed by atoms with Gasteiger partial charge in [-0.25, -0.2) is 13.8 Å². The number of nitrogens with one attached hydrogen (secondary N) is 1. The van der Waals surface area contributed by atoms with Crippen LogP contribution in [-0.2, 0) is 6.54 Å². The Bertz CT molecular complexity index is 1320. The molecule has 4 aromatic rings. The molecule has 0 atom stereocenters. The highest BCUT2D eigenvalue weighted by Crippen LogP contribution is 2.18. The molecule has 1 amide bonds. The van der Waals surface area contributed by atoms with Gasteiger partial charge in [-0.05, 0) is 48.0 Å². The van der Waals surface area contributed by atoms with E-state index in [1.165, 1.54) is 10.6 Å². The summed E-state index contributed by atoms with van der Waals surface area (Å²) in [6, 6.07) is 14.4. The Morgan fingerprint density at radius 1 is 1.07 bits per heavy atom. The van der Waals surface area contributed by atoms with E-state index in [-0.39, 0.29) is 17.8 Å². The lowest BCUT2D eigenvalue weighted by Gasteiger charge is -2.13. The Morgan fingerprint density at radius 3 is 2.60 bits per heavy atom. The van der Waals surface area contributed by atoms with E-state index >= 15 is 0 Å². The van der Waals surface area contributed by atoms with Gasteiger partial charge in [0.1, 0.15) is 22.8 Å². The van der Waals surface area contributed by atoms with E-state index in [9.17, 15) is 18.4 Å². The van der Waals surface area contributed by atoms with E-state index in [1.54, 1.807) is 42.6 Å². The minimum absolute atomic E-state index is 0.152. The van der Waals surface area contributed by atoms with Crippen LogP contribution in [-0.4, -0.2) is 15.5 Å². The predicted molar refractivity (Wildman–Crippen MR) is 111 cm³/mol. The van der Waals surface area contributed by atoms with Crippen LogP contribution in [0.5, 0.6) is 0 Å². The number of carbonyl (C=O) groups is 1. The molecule has 0 spiro atoms. The average Bonchev–Trinajstić information content (AvgIpc) is 2.74. The van der Waals surface area contributed by atoms with Crippen LogP contribution in [0.3, 0.4) is 0 Å². The molecule has 2 aromatic heterocycles. The number of fused-ring (bicyclic) bond motifs is 1. The summed E-state index contributed by atoms with van der Waals surface area (Å²) in [7, 11) is 0. The molecular weight excluding hydrogens is 412 g/mol. The zero-order valence-electron chi connectivity index (χ0n) is 15.4. The van der Waals surface area contributed by atoms with Crippen LogP contribution >= 0.6 is 11.6 Å². The van der Waals surface area contributed by atoms with Crippen molar-refractivity contribution in [2.24, 2.45) is 0 Å². The standard InChI is InChI=1S/C22H14ClF2N3O2/c23-15-5-3-13(4-6-15)12-28-20-14(2-1-9-26-20)10-17(22(28)30)21(29)27-19-11-16(24)7-8-18(19)25/h1-11H,12H2,(H,27,29). The minimum atomic E-state index is -0.847. The largest absolute Gasteiger partial charge is 0.319 e. The van der Waals surface area contributed by atoms with Crippen molar-refractivity contribution >= 4 is 34.2 Å². The summed E-state index contributed by atoms with van der Waals surface area (Å²) in [4.78, 5) is 30.1. The van der Waals surface area contributed by atoms with E-state index < -0.39 is 23.1 Å². The number of hydrogen-bond acceptors (Lipinski definition) is 3. The number of pyridine rings is 2. The number of anilines is 1. The van der Waals surface area contributed by atoms with E-state index in [0.29, 0.717) is 16.1 Å². The fraction of sp³-hybridized carbons (Fsp3) is 0.0455. The Kier molecular flexibility index (Phi) is 5.29. The molecule has 5 nitrogen and oxygen atoms in total. The van der Waals surface area contributed by atoms with Gasteiger partial charge in [0.25, 0.3) is 11.5 Å². The normalized spacial score (nSPS) is 10.9. The van der Waals surface area contributed by atoms with Gasteiger partial charge in [0.05, 0.1) is 12.2 Å². The quantitative estimate of drug-likeness (QED) is 0.518. The Morgan fingerprint density at radius 2 is 1.83 bits per heavy atom. The molecule has 0 fully saturated rings. The minimum Gasteiger partial charge on any atom is -0.319 e. The number of amides is 1. The number of benzene rings is 2. The number of aromatic nitrogens is 2. The van der Waals surface area contributed by atoms with E-state index in [4.69, 9.17) is 11.6 Å². The van der Waals surface area contributed by atoms with Gasteiger partial charge in [0.15, 0.2) is 0 Å². The van der Waals surface area contributed by atoms with Gasteiger partial charge in [0, 0.05) is 22.7 Å². The Labute approximate surface area is 174 Å². The summed E-state index contributed by atoms with van der Waals surface area (Å²) in [5.41, 5.74) is 0.00152. The highest BCUT2D eigenvalue weighted by Gasteiger charge is 2.18. The number of nitrogens with zero attached hydrogens (tertiary/aromatic N) is 2. The highest BCUT2D eigenvalue weighted by atomic mass is 35.5. The number of carbonyl (C=O) groups excluding carboxylic acids is 1. The molecule has 0 radical (unpaired) electrons. The van der Waals surface area contributed by atoms with Gasteiger partial charge in [0.2, 0.25) is 0 Å². The van der Waals surface area contributed by atoms with Gasteiger partial charge in [-0.1, -0.05) is 23.7 Å². The van der Waals surface area contributed by atoms with Crippen LogP contribution in [0, 0.1) is 11.6 Å². The molecule has 1 N–H and O–H groups in total. The van der Waals surface area contributed by atoms with Crippen molar-refractivity contribution in [3.05, 3.63) is 105 Å². The van der Waals surface area contributed by atoms with Crippen molar-refractivity contribution in [1.29, 1.82) is 0 Å². The SMILES string of the molecule is O=C(Nc1cc(F)ccc1F)c1cc2cccnc2n(Cc2ccc(Cl)cc2)c1=O. The fourth-order valence-corrected chi connectivity index (χ4v) is 3.20. The van der Waals surface area contributed by atoms with Gasteiger partial charge >= 0.3 is 0 Å². The third-order valence-electron chi connectivity index (χ3n) is 4.52. The molecule has 2 aromatic carbocycles. The molecule has 4 rings (SSSR count). The molecule has 0 aliphatic heterocycles. The average molecular weight is 426 g/mol. The van der Waals surface area contributed by atoms with E-state index in [0.717, 1.165) is 23.8 Å². The molecule has 0 saturated heterocycles. The fourth-order valence-electron chi connectivity index (χ4n) is 3.07. The maximum atomic E-state index is 13.9. The molecule has 8 heteroatoms. The molecule has 30 heavy (non-hydrogen) atoms. The van der Waals surface area contributed by atoms with Gasteiger partial charge in [-0.15, -0.1) is 0 Å². The molecule has 0 unspecified atom stereocenters. The summed E-state index contributed by atoms with van der Waals surface area (Å²) >= 11 is 5.92. The highest BCUT2D eigenvalue weighted by molar-refractivity contribution is 6.30. The van der Waals surface area contributed by atoms with Crippen LogP contribution in [0.2, 0.25) is 5.02 Å². The maximum absolute atomic E-state index is 13.9. The molecule has 0 bridgehead atoms. The first-order chi connectivity index (χ1) is 14.4. The summed E-state index contributed by atoms with van der Waals surface area (Å²) in [5.74, 6) is -2.37. The van der Waals surface area contributed by atoms with Crippen LogP contribution in [0.15, 0.2) is 71.7 Å². The van der Waals surface area contributed by atoms with Crippen molar-refractivity contribution in [1.82, 2.24) is 9.55 Å². The summed E-state index contributed by atoms with van der Waals surface area (Å²) in [5, 5.41) is 3.37. The third-order valence-corrected chi connectivity index (χ3v) is 4.78. The first-order valence-corrected chi connectivity index (χ1v) is 9.29. The van der Waals surface area contributed by atoms with Crippen molar-refractivity contribution in [3.8, 4) is 0 Å². The predicted octanol–water partition coefficient (Wildman–Crippen LogP) is 4.63. The molecule has 2 heterocycles. The monoisotopic (exact) mass is 425 g/mol. The zero-order chi connectivity index (χ0) is 21.3. The van der Waals surface area contributed by atoms with Gasteiger partial charge in [-0.3, -0.25) is 14.2 Å². The van der Waals surface area contributed by atoms with Crippen LogP contribution in [0.25, 0.3) is 11.0 Å². The number of halogens is 3. The lowest BCUT2D eigenvalue weighted by atomic mass is 10.1. The molecule has 0 aliphatic carbocycles. The molecule has 0 aliphatic rings. The molecule has 0 saturated carbocycles. The van der Waals surface area contributed by atoms with Crippen LogP contribution < -0.4 is 10.9 Å². The van der Waals surface area contributed by atoms with E-state index in [1.807, 2.05) is 0 Å². The second-order valence-electron chi connectivity index (χ2n) is 6.57. The van der Waals surface area contributed by atoms with Gasteiger partial charge in [-0.2, -0.15) is 0 Å². The zero-order valence-corrected chi connectivity index (χ0v) is 16.2. The van der Waals surface area contributed by atoms with Crippen molar-refractivity contribution in [3.63, 3.8) is 0 Å². The molecule has 150 valence electrons. The van der Waals surface area contributed by atoms with Crippen molar-refractivity contribution < 1.29 is 13.6 Å². The summed E-state index contributed by atoms with van der Waals surface area (Å²) in [6.07, 6.45) is 1.54. The Hall–Kier alpha value is -3.58. The lowest BCUT2D eigenvalue weighted by molar-refractivity contribution is 0.102. The smallest absolute Gasteiger partial charge is 0.265 e. The number of hydrogen-bond donors (Lipinski definition) is 1. The van der Waals surface area contributed by atoms with Crippen molar-refractivity contribution in [2.45, 2.75) is 6.54 Å². The van der Waals surface area contributed by atoms with Crippen LogP contribution in [0.1, 0.15) is 15.9 Å². The van der Waals surface area contributed by atoms with E-state index in [2.05, 4.69) is 10.3 Å². The van der Waals surface area contributed by atoms with Crippen LogP contribution in [0.4, 0.5) is 14.5 Å². The topological polar surface area (TPSA) is 64.0 Å².